The van der Waals surface area contributed by atoms with Gasteiger partial charge in [0, 0.05) is 25.2 Å². The number of ether oxygens (including phenoxy) is 2. The Hall–Kier alpha value is -1.39. The summed E-state index contributed by atoms with van der Waals surface area (Å²) in [5, 5.41) is 0. The van der Waals surface area contributed by atoms with E-state index in [9.17, 15) is 14.4 Å². The van der Waals surface area contributed by atoms with Crippen LogP contribution in [0.3, 0.4) is 0 Å². The second-order valence-corrected chi connectivity index (χ2v) is 12.5. The number of Topliss-reactive ketones (excluding diaryl/α,β-unsaturated/α-hetero) is 1. The molecule has 0 aromatic carbocycles. The Bertz CT molecular complexity index is 806. The van der Waals surface area contributed by atoms with E-state index < -0.39 is 5.41 Å². The largest absolute Gasteiger partial charge is 0.469 e. The summed E-state index contributed by atoms with van der Waals surface area (Å²) in [7, 11) is 1.47. The number of rotatable bonds is 5. The van der Waals surface area contributed by atoms with E-state index in [2.05, 4.69) is 27.7 Å². The molecule has 4 rings (SSSR count). The SMILES string of the molecule is COC(=O)CC[C@@H](C)C1CC[C@H]2[C@@H]3CC(=O)[C@@]4(C)C[C@H](OC(C)=O)CC[C@]4(C)[C@H]3CC[C@]12C. The lowest BCUT2D eigenvalue weighted by Gasteiger charge is -2.64. The number of ketones is 1. The Kier molecular flexibility index (Phi) is 6.50. The zero-order valence-electron chi connectivity index (χ0n) is 21.6. The molecule has 0 radical (unpaired) electrons. The second-order valence-electron chi connectivity index (χ2n) is 12.5. The third kappa shape index (κ3) is 3.86. The molecular formula is C28H44O5. The van der Waals surface area contributed by atoms with E-state index in [4.69, 9.17) is 9.47 Å². The Balaban J connectivity index is 1.54. The molecule has 33 heavy (non-hydrogen) atoms. The normalized spacial score (nSPS) is 45.4. The summed E-state index contributed by atoms with van der Waals surface area (Å²) in [6.45, 7) is 10.8. The molecule has 5 nitrogen and oxygen atoms in total. The van der Waals surface area contributed by atoms with E-state index in [0.717, 1.165) is 19.3 Å². The van der Waals surface area contributed by atoms with Crippen LogP contribution < -0.4 is 0 Å². The molecule has 5 heteroatoms. The van der Waals surface area contributed by atoms with Crippen molar-refractivity contribution < 1.29 is 23.9 Å². The van der Waals surface area contributed by atoms with Crippen LogP contribution >= 0.6 is 0 Å². The van der Waals surface area contributed by atoms with Gasteiger partial charge in [-0.1, -0.05) is 27.7 Å². The minimum absolute atomic E-state index is 0.0143. The van der Waals surface area contributed by atoms with Crippen LogP contribution in [0.4, 0.5) is 0 Å². The third-order valence-electron chi connectivity index (χ3n) is 11.3. The predicted octanol–water partition coefficient (Wildman–Crippen LogP) is 5.74. The number of hydrogen-bond acceptors (Lipinski definition) is 5. The van der Waals surface area contributed by atoms with Crippen molar-refractivity contribution in [1.29, 1.82) is 0 Å². The molecule has 0 spiro atoms. The van der Waals surface area contributed by atoms with Crippen LogP contribution in [0.25, 0.3) is 0 Å². The topological polar surface area (TPSA) is 69.7 Å². The highest BCUT2D eigenvalue weighted by Gasteiger charge is 2.66. The van der Waals surface area contributed by atoms with Gasteiger partial charge < -0.3 is 9.47 Å². The van der Waals surface area contributed by atoms with Crippen LogP contribution in [-0.4, -0.2) is 30.9 Å². The maximum Gasteiger partial charge on any atom is 0.305 e. The van der Waals surface area contributed by atoms with Gasteiger partial charge in [-0.2, -0.15) is 0 Å². The monoisotopic (exact) mass is 460 g/mol. The van der Waals surface area contributed by atoms with Crippen LogP contribution in [-0.2, 0) is 23.9 Å². The molecule has 0 aromatic rings. The van der Waals surface area contributed by atoms with Crippen molar-refractivity contribution in [2.24, 2.45) is 45.8 Å². The first-order valence-corrected chi connectivity index (χ1v) is 13.2. The molecule has 4 aliphatic carbocycles. The van der Waals surface area contributed by atoms with Crippen LogP contribution in [0.1, 0.15) is 98.8 Å². The number of methoxy groups -OCH3 is 1. The lowest BCUT2D eigenvalue weighted by Crippen LogP contribution is -2.62. The number of hydrogen-bond donors (Lipinski definition) is 0. The smallest absolute Gasteiger partial charge is 0.305 e. The average molecular weight is 461 g/mol. The van der Waals surface area contributed by atoms with Crippen LogP contribution in [0.15, 0.2) is 0 Å². The highest BCUT2D eigenvalue weighted by atomic mass is 16.5. The molecule has 0 heterocycles. The molecular weight excluding hydrogens is 416 g/mol. The molecule has 0 saturated heterocycles. The van der Waals surface area contributed by atoms with Gasteiger partial charge in [0.15, 0.2) is 0 Å². The highest BCUT2D eigenvalue weighted by molar-refractivity contribution is 5.87. The summed E-state index contributed by atoms with van der Waals surface area (Å²) in [5.41, 5.74) is -0.151. The standard InChI is InChI=1S/C28H44O5/c1-17(7-10-25(31)32-6)21-8-9-22-20-15-24(30)28(5)16-19(33-18(2)29)11-14-27(28,4)23(20)12-13-26(21,22)3/h17,19-23H,7-16H2,1-6H3/t17-,19-,20+,21?,22+,23+,26-,27-,28-/m1/s1. The maximum atomic E-state index is 13.8. The van der Waals surface area contributed by atoms with Gasteiger partial charge in [0.1, 0.15) is 11.9 Å². The first kappa shape index (κ1) is 24.7. The number of esters is 2. The Morgan fingerprint density at radius 1 is 1.06 bits per heavy atom. The van der Waals surface area contributed by atoms with E-state index >= 15 is 0 Å². The van der Waals surface area contributed by atoms with Crippen LogP contribution in [0, 0.1) is 45.8 Å². The van der Waals surface area contributed by atoms with Gasteiger partial charge in [0.2, 0.25) is 0 Å². The Labute approximate surface area is 199 Å². The van der Waals surface area contributed by atoms with Gasteiger partial charge in [-0.25, -0.2) is 0 Å². The number of carbonyl (C=O) groups is 3. The maximum absolute atomic E-state index is 13.8. The summed E-state index contributed by atoms with van der Waals surface area (Å²) >= 11 is 0. The molecule has 9 atom stereocenters. The molecule has 4 fully saturated rings. The predicted molar refractivity (Wildman–Crippen MR) is 126 cm³/mol. The second kappa shape index (κ2) is 8.68. The molecule has 4 saturated carbocycles. The fourth-order valence-corrected chi connectivity index (χ4v) is 9.32. The van der Waals surface area contributed by atoms with Gasteiger partial charge in [-0.15, -0.1) is 0 Å². The van der Waals surface area contributed by atoms with Crippen molar-refractivity contribution in [2.75, 3.05) is 7.11 Å². The van der Waals surface area contributed by atoms with Crippen molar-refractivity contribution in [1.82, 2.24) is 0 Å². The minimum Gasteiger partial charge on any atom is -0.469 e. The molecule has 186 valence electrons. The van der Waals surface area contributed by atoms with Gasteiger partial charge in [0.25, 0.3) is 0 Å². The van der Waals surface area contributed by atoms with Gasteiger partial charge in [0.05, 0.1) is 7.11 Å². The van der Waals surface area contributed by atoms with E-state index in [-0.39, 0.29) is 28.9 Å². The molecule has 0 aliphatic heterocycles. The summed E-state index contributed by atoms with van der Waals surface area (Å²) in [6.07, 6.45) is 9.31. The Morgan fingerprint density at radius 2 is 1.79 bits per heavy atom. The fourth-order valence-electron chi connectivity index (χ4n) is 9.32. The van der Waals surface area contributed by atoms with Crippen molar-refractivity contribution in [3.63, 3.8) is 0 Å². The van der Waals surface area contributed by atoms with Crippen LogP contribution in [0.2, 0.25) is 0 Å². The van der Waals surface area contributed by atoms with E-state index in [1.54, 1.807) is 0 Å². The quantitative estimate of drug-likeness (QED) is 0.490. The van der Waals surface area contributed by atoms with E-state index in [1.807, 2.05) is 0 Å². The lowest BCUT2D eigenvalue weighted by atomic mass is 9.40. The van der Waals surface area contributed by atoms with Crippen molar-refractivity contribution >= 4 is 17.7 Å². The summed E-state index contributed by atoms with van der Waals surface area (Å²) < 4.78 is 10.5. The van der Waals surface area contributed by atoms with Crippen LogP contribution in [0.5, 0.6) is 0 Å². The fraction of sp³-hybridized carbons (Fsp3) is 0.893. The van der Waals surface area contributed by atoms with E-state index in [0.29, 0.717) is 54.6 Å². The minimum atomic E-state index is -0.397. The summed E-state index contributed by atoms with van der Waals surface area (Å²) in [6, 6.07) is 0. The molecule has 0 N–H and O–H groups in total. The van der Waals surface area contributed by atoms with Crippen molar-refractivity contribution in [3.8, 4) is 0 Å². The lowest BCUT2D eigenvalue weighted by molar-refractivity contribution is -0.189. The van der Waals surface area contributed by atoms with Crippen molar-refractivity contribution in [2.45, 2.75) is 105 Å². The molecule has 0 bridgehead atoms. The summed E-state index contributed by atoms with van der Waals surface area (Å²) in [5.74, 6) is 2.80. The average Bonchev–Trinajstić information content (AvgIpc) is 3.11. The van der Waals surface area contributed by atoms with Gasteiger partial charge in [-0.3, -0.25) is 14.4 Å². The first-order chi connectivity index (χ1) is 15.5. The van der Waals surface area contributed by atoms with E-state index in [1.165, 1.54) is 39.7 Å². The number of carbonyl (C=O) groups excluding carboxylic acids is 3. The third-order valence-corrected chi connectivity index (χ3v) is 11.3. The Morgan fingerprint density at radius 3 is 2.45 bits per heavy atom. The van der Waals surface area contributed by atoms with Gasteiger partial charge >= 0.3 is 11.9 Å². The molecule has 1 unspecified atom stereocenters. The van der Waals surface area contributed by atoms with Gasteiger partial charge in [-0.05, 0) is 91.8 Å². The zero-order chi connectivity index (χ0) is 24.2. The van der Waals surface area contributed by atoms with Crippen molar-refractivity contribution in [3.05, 3.63) is 0 Å². The highest BCUT2D eigenvalue weighted by Crippen LogP contribution is 2.70. The number of fused-ring (bicyclic) bond motifs is 5. The summed E-state index contributed by atoms with van der Waals surface area (Å²) in [4.78, 5) is 37.1. The molecule has 0 aromatic heterocycles. The molecule has 4 aliphatic rings. The first-order valence-electron chi connectivity index (χ1n) is 13.2. The zero-order valence-corrected chi connectivity index (χ0v) is 21.6. The molecule has 0 amide bonds.